The molecule has 0 spiro atoms. The van der Waals surface area contributed by atoms with E-state index in [2.05, 4.69) is 4.90 Å². The molecular weight excluding hydrogens is 533 g/mol. The quantitative estimate of drug-likeness (QED) is 0.224. The van der Waals surface area contributed by atoms with E-state index in [-0.39, 0.29) is 11.7 Å². The van der Waals surface area contributed by atoms with E-state index in [0.717, 1.165) is 33.8 Å². The lowest BCUT2D eigenvalue weighted by atomic mass is 10.1. The predicted molar refractivity (Wildman–Crippen MR) is 161 cm³/mol. The molecule has 1 fully saturated rings. The largest absolute Gasteiger partial charge is 0.497 e. The van der Waals surface area contributed by atoms with Crippen LogP contribution in [0.1, 0.15) is 12.2 Å². The molecule has 0 unspecified atom stereocenters. The zero-order valence-electron chi connectivity index (χ0n) is 23.4. The number of benzene rings is 3. The van der Waals surface area contributed by atoms with Gasteiger partial charge in [0.2, 0.25) is 5.91 Å². The van der Waals surface area contributed by atoms with Crippen LogP contribution in [0.15, 0.2) is 95.6 Å². The molecule has 1 saturated heterocycles. The van der Waals surface area contributed by atoms with Gasteiger partial charge in [0.25, 0.3) is 0 Å². The molecule has 5 aromatic rings. The lowest BCUT2D eigenvalue weighted by molar-refractivity contribution is -0.131. The number of methoxy groups -OCH3 is 1. The Bertz CT molecular complexity index is 1650. The van der Waals surface area contributed by atoms with Crippen molar-refractivity contribution in [1.29, 1.82) is 0 Å². The standard InChI is InChI=1S/C33H32FN5O3/c1-41-25-14-12-24(13-15-25)32-35-29-10-4-2-8-27(29)33(36-32)39(23-26-7-6-22-42-26)17-16-31(40)38-20-18-37(19-21-38)30-11-5-3-9-28(30)34/h2-15,22H,16-21,23H2,1H3. The normalized spacial score (nSPS) is 13.4. The van der Waals surface area contributed by atoms with E-state index in [1.54, 1.807) is 25.5 Å². The maximum Gasteiger partial charge on any atom is 0.224 e. The SMILES string of the molecule is COc1ccc(-c2nc(N(CCC(=O)N3CCN(c4ccccc4F)CC3)Cc3ccco3)c3ccccc3n2)cc1. The topological polar surface area (TPSA) is 74.9 Å². The van der Waals surface area contributed by atoms with Gasteiger partial charge in [-0.3, -0.25) is 4.79 Å². The summed E-state index contributed by atoms with van der Waals surface area (Å²) in [5.74, 6) is 2.67. The maximum absolute atomic E-state index is 14.3. The highest BCUT2D eigenvalue weighted by Crippen LogP contribution is 2.30. The van der Waals surface area contributed by atoms with Crippen LogP contribution >= 0.6 is 0 Å². The predicted octanol–water partition coefficient (Wildman–Crippen LogP) is 5.78. The number of hydrogen-bond donors (Lipinski definition) is 0. The average Bonchev–Trinajstić information content (AvgIpc) is 3.56. The minimum Gasteiger partial charge on any atom is -0.497 e. The summed E-state index contributed by atoms with van der Waals surface area (Å²) in [7, 11) is 1.64. The summed E-state index contributed by atoms with van der Waals surface area (Å²) < 4.78 is 25.3. The van der Waals surface area contributed by atoms with Crippen molar-refractivity contribution in [3.63, 3.8) is 0 Å². The zero-order valence-corrected chi connectivity index (χ0v) is 23.4. The van der Waals surface area contributed by atoms with E-state index in [9.17, 15) is 9.18 Å². The average molecular weight is 566 g/mol. The zero-order chi connectivity index (χ0) is 28.9. The van der Waals surface area contributed by atoms with Crippen LogP contribution in [0.25, 0.3) is 22.3 Å². The molecule has 42 heavy (non-hydrogen) atoms. The molecule has 0 bridgehead atoms. The third-order valence-electron chi connectivity index (χ3n) is 7.58. The van der Waals surface area contributed by atoms with Crippen molar-refractivity contribution < 1.29 is 18.3 Å². The van der Waals surface area contributed by atoms with E-state index in [1.807, 2.05) is 76.5 Å². The Morgan fingerprint density at radius 3 is 2.43 bits per heavy atom. The molecule has 214 valence electrons. The van der Waals surface area contributed by atoms with Gasteiger partial charge in [0.1, 0.15) is 23.1 Å². The van der Waals surface area contributed by atoms with Crippen LogP contribution in [0.2, 0.25) is 0 Å². The minimum atomic E-state index is -0.239. The Hall–Kier alpha value is -4.92. The Balaban J connectivity index is 1.23. The first-order valence-electron chi connectivity index (χ1n) is 14.0. The van der Waals surface area contributed by atoms with Crippen molar-refractivity contribution in [3.05, 3.63) is 103 Å². The monoisotopic (exact) mass is 565 g/mol. The number of carbonyl (C=O) groups is 1. The summed E-state index contributed by atoms with van der Waals surface area (Å²) in [6, 6.07) is 26.1. The molecule has 0 N–H and O–H groups in total. The highest BCUT2D eigenvalue weighted by atomic mass is 19.1. The molecule has 1 aliphatic rings. The Morgan fingerprint density at radius 2 is 1.69 bits per heavy atom. The molecule has 0 atom stereocenters. The molecule has 9 heteroatoms. The molecule has 8 nitrogen and oxygen atoms in total. The second kappa shape index (κ2) is 12.3. The number of aromatic nitrogens is 2. The highest BCUT2D eigenvalue weighted by Gasteiger charge is 2.24. The van der Waals surface area contributed by atoms with Crippen LogP contribution in [0.4, 0.5) is 15.9 Å². The molecule has 6 rings (SSSR count). The Kier molecular flexibility index (Phi) is 7.98. The molecule has 3 heterocycles. The first kappa shape index (κ1) is 27.3. The van der Waals surface area contributed by atoms with Gasteiger partial charge in [0.05, 0.1) is 31.1 Å². The molecular formula is C33H32FN5O3. The van der Waals surface area contributed by atoms with Crippen molar-refractivity contribution in [3.8, 4) is 17.1 Å². The van der Waals surface area contributed by atoms with Crippen molar-refractivity contribution in [2.24, 2.45) is 0 Å². The van der Waals surface area contributed by atoms with Gasteiger partial charge in [-0.1, -0.05) is 24.3 Å². The fraction of sp³-hybridized carbons (Fsp3) is 0.242. The molecule has 1 aliphatic heterocycles. The highest BCUT2D eigenvalue weighted by molar-refractivity contribution is 5.91. The molecule has 0 saturated carbocycles. The summed E-state index contributed by atoms with van der Waals surface area (Å²) in [6.45, 7) is 3.16. The minimum absolute atomic E-state index is 0.0568. The van der Waals surface area contributed by atoms with Gasteiger partial charge in [0.15, 0.2) is 5.82 Å². The second-order valence-corrected chi connectivity index (χ2v) is 10.2. The molecule has 0 radical (unpaired) electrons. The van der Waals surface area contributed by atoms with Crippen molar-refractivity contribution in [2.75, 3.05) is 49.6 Å². The number of para-hydroxylation sites is 2. The lowest BCUT2D eigenvalue weighted by Gasteiger charge is -2.36. The third-order valence-corrected chi connectivity index (χ3v) is 7.58. The van der Waals surface area contributed by atoms with Crippen molar-refractivity contribution in [2.45, 2.75) is 13.0 Å². The Morgan fingerprint density at radius 1 is 0.929 bits per heavy atom. The van der Waals surface area contributed by atoms with Crippen molar-refractivity contribution in [1.82, 2.24) is 14.9 Å². The van der Waals surface area contributed by atoms with Crippen LogP contribution in [-0.4, -0.2) is 60.6 Å². The fourth-order valence-corrected chi connectivity index (χ4v) is 5.31. The Labute approximate surface area is 244 Å². The number of fused-ring (bicyclic) bond motifs is 1. The van der Waals surface area contributed by atoms with Crippen molar-refractivity contribution >= 4 is 28.3 Å². The number of furan rings is 1. The fourth-order valence-electron chi connectivity index (χ4n) is 5.31. The van der Waals surface area contributed by atoms with E-state index in [1.165, 1.54) is 6.07 Å². The van der Waals surface area contributed by atoms with Gasteiger partial charge in [0, 0.05) is 50.1 Å². The van der Waals surface area contributed by atoms with Crippen LogP contribution in [0, 0.1) is 5.82 Å². The summed E-state index contributed by atoms with van der Waals surface area (Å²) in [5, 5.41) is 0.896. The smallest absolute Gasteiger partial charge is 0.224 e. The van der Waals surface area contributed by atoms with Crippen LogP contribution in [0.3, 0.4) is 0 Å². The number of halogens is 1. The number of anilines is 2. The molecule has 0 aliphatic carbocycles. The lowest BCUT2D eigenvalue weighted by Crippen LogP contribution is -2.49. The number of amides is 1. The van der Waals surface area contributed by atoms with Gasteiger partial charge >= 0.3 is 0 Å². The maximum atomic E-state index is 14.3. The van der Waals surface area contributed by atoms with E-state index in [0.29, 0.717) is 57.2 Å². The van der Waals surface area contributed by atoms with E-state index in [4.69, 9.17) is 19.1 Å². The summed E-state index contributed by atoms with van der Waals surface area (Å²) >= 11 is 0. The van der Waals surface area contributed by atoms with Gasteiger partial charge in [-0.15, -0.1) is 0 Å². The first-order chi connectivity index (χ1) is 20.6. The summed E-state index contributed by atoms with van der Waals surface area (Å²) in [6.07, 6.45) is 1.95. The number of rotatable bonds is 9. The third kappa shape index (κ3) is 5.90. The van der Waals surface area contributed by atoms with Crippen LogP contribution in [0.5, 0.6) is 5.75 Å². The van der Waals surface area contributed by atoms with Crippen LogP contribution in [-0.2, 0) is 11.3 Å². The number of carbonyl (C=O) groups excluding carboxylic acids is 1. The van der Waals surface area contributed by atoms with E-state index >= 15 is 0 Å². The first-order valence-corrected chi connectivity index (χ1v) is 14.0. The number of hydrogen-bond acceptors (Lipinski definition) is 7. The van der Waals surface area contributed by atoms with Gasteiger partial charge in [-0.05, 0) is 60.7 Å². The van der Waals surface area contributed by atoms with Gasteiger partial charge in [-0.2, -0.15) is 0 Å². The van der Waals surface area contributed by atoms with Gasteiger partial charge in [-0.25, -0.2) is 14.4 Å². The van der Waals surface area contributed by atoms with Gasteiger partial charge < -0.3 is 23.9 Å². The number of piperazine rings is 1. The number of nitrogens with zero attached hydrogens (tertiary/aromatic N) is 5. The second-order valence-electron chi connectivity index (χ2n) is 10.2. The summed E-state index contributed by atoms with van der Waals surface area (Å²) in [5.41, 5.74) is 2.26. The van der Waals surface area contributed by atoms with E-state index < -0.39 is 0 Å². The number of ether oxygens (including phenoxy) is 1. The molecule has 3 aromatic carbocycles. The summed E-state index contributed by atoms with van der Waals surface area (Å²) in [4.78, 5) is 29.2. The molecule has 1 amide bonds. The van der Waals surface area contributed by atoms with Crippen LogP contribution < -0.4 is 14.5 Å². The molecule has 2 aromatic heterocycles.